The van der Waals surface area contributed by atoms with Gasteiger partial charge < -0.3 is 9.80 Å². The largest absolute Gasteiger partial charge is 0.300 e. The predicted octanol–water partition coefficient (Wildman–Crippen LogP) is 1.71. The Hall–Kier alpha value is -0.0800. The molecule has 2 nitrogen and oxygen atoms in total. The molecule has 3 aliphatic rings. The number of hydrogen-bond acceptors (Lipinski definition) is 2. The lowest BCUT2D eigenvalue weighted by atomic mass is 10.0. The highest BCUT2D eigenvalue weighted by atomic mass is 15.2. The maximum atomic E-state index is 2.74. The van der Waals surface area contributed by atoms with Gasteiger partial charge in [0.15, 0.2) is 0 Å². The lowest BCUT2D eigenvalue weighted by Gasteiger charge is -2.36. The summed E-state index contributed by atoms with van der Waals surface area (Å²) >= 11 is 0. The van der Waals surface area contributed by atoms with E-state index in [1.165, 1.54) is 64.7 Å². The number of hydrogen-bond donors (Lipinski definition) is 0. The molecule has 0 radical (unpaired) electrons. The topological polar surface area (TPSA) is 6.48 Å². The Labute approximate surface area is 87.3 Å². The van der Waals surface area contributed by atoms with E-state index in [1.807, 2.05) is 0 Å². The van der Waals surface area contributed by atoms with Crippen molar-refractivity contribution in [3.63, 3.8) is 0 Å². The highest BCUT2D eigenvalue weighted by Crippen LogP contribution is 2.30. The molecular formula is C12H22N2. The predicted molar refractivity (Wildman–Crippen MR) is 58.4 cm³/mol. The van der Waals surface area contributed by atoms with E-state index < -0.39 is 0 Å². The van der Waals surface area contributed by atoms with Crippen LogP contribution >= 0.6 is 0 Å². The molecule has 1 saturated carbocycles. The third-order valence-corrected chi connectivity index (χ3v) is 4.22. The van der Waals surface area contributed by atoms with Gasteiger partial charge in [0.1, 0.15) is 0 Å². The molecule has 2 saturated heterocycles. The molecule has 0 atom stereocenters. The van der Waals surface area contributed by atoms with Gasteiger partial charge in [-0.25, -0.2) is 0 Å². The van der Waals surface area contributed by atoms with Crippen LogP contribution in [0.1, 0.15) is 38.5 Å². The summed E-state index contributed by atoms with van der Waals surface area (Å²) in [6.07, 6.45) is 8.74. The fourth-order valence-corrected chi connectivity index (χ4v) is 3.16. The zero-order valence-electron chi connectivity index (χ0n) is 9.12. The molecule has 0 N–H and O–H groups in total. The quantitative estimate of drug-likeness (QED) is 0.660. The van der Waals surface area contributed by atoms with Crippen LogP contribution in [0.5, 0.6) is 0 Å². The second-order valence-corrected chi connectivity index (χ2v) is 5.24. The molecule has 80 valence electrons. The van der Waals surface area contributed by atoms with Gasteiger partial charge in [0, 0.05) is 12.1 Å². The molecule has 0 spiro atoms. The van der Waals surface area contributed by atoms with Crippen LogP contribution in [-0.2, 0) is 0 Å². The van der Waals surface area contributed by atoms with Gasteiger partial charge in [0.2, 0.25) is 0 Å². The molecule has 2 aliphatic heterocycles. The minimum absolute atomic E-state index is 0.937. The van der Waals surface area contributed by atoms with E-state index >= 15 is 0 Å². The first-order chi connectivity index (χ1) is 6.93. The summed E-state index contributed by atoms with van der Waals surface area (Å²) in [6.45, 7) is 5.53. The fourth-order valence-electron chi connectivity index (χ4n) is 3.16. The van der Waals surface area contributed by atoms with Crippen LogP contribution in [0.2, 0.25) is 0 Å². The lowest BCUT2D eigenvalue weighted by Crippen LogP contribution is -2.44. The zero-order valence-corrected chi connectivity index (χ0v) is 9.12. The summed E-state index contributed by atoms with van der Waals surface area (Å²) in [5.74, 6) is 0. The van der Waals surface area contributed by atoms with Crippen LogP contribution in [0.3, 0.4) is 0 Å². The summed E-state index contributed by atoms with van der Waals surface area (Å²) in [4.78, 5) is 5.47. The molecule has 0 unspecified atom stereocenters. The second kappa shape index (κ2) is 3.82. The normalized spacial score (nSPS) is 32.6. The van der Waals surface area contributed by atoms with Crippen molar-refractivity contribution in [2.75, 3.05) is 26.2 Å². The Bertz CT molecular complexity index is 186. The minimum Gasteiger partial charge on any atom is -0.300 e. The van der Waals surface area contributed by atoms with Gasteiger partial charge in [-0.1, -0.05) is 0 Å². The lowest BCUT2D eigenvalue weighted by molar-refractivity contribution is 0.122. The number of likely N-dealkylation sites (tertiary alicyclic amines) is 2. The second-order valence-electron chi connectivity index (χ2n) is 5.24. The highest BCUT2D eigenvalue weighted by Gasteiger charge is 2.33. The van der Waals surface area contributed by atoms with Gasteiger partial charge in [0.25, 0.3) is 0 Å². The van der Waals surface area contributed by atoms with Crippen LogP contribution in [0.4, 0.5) is 0 Å². The summed E-state index contributed by atoms with van der Waals surface area (Å²) in [5, 5.41) is 0. The Morgan fingerprint density at radius 3 is 1.64 bits per heavy atom. The van der Waals surface area contributed by atoms with Gasteiger partial charge in [0.05, 0.1) is 0 Å². The molecule has 2 heteroatoms. The molecule has 0 bridgehead atoms. The van der Waals surface area contributed by atoms with Crippen LogP contribution in [0, 0.1) is 0 Å². The van der Waals surface area contributed by atoms with Crippen molar-refractivity contribution in [1.29, 1.82) is 0 Å². The maximum Gasteiger partial charge on any atom is 0.0120 e. The number of piperidine rings is 1. The molecule has 0 aromatic heterocycles. The molecule has 2 heterocycles. The van der Waals surface area contributed by atoms with Crippen molar-refractivity contribution in [3.05, 3.63) is 0 Å². The van der Waals surface area contributed by atoms with E-state index in [1.54, 1.807) is 0 Å². The van der Waals surface area contributed by atoms with Crippen LogP contribution in [0.15, 0.2) is 0 Å². The van der Waals surface area contributed by atoms with Crippen molar-refractivity contribution >= 4 is 0 Å². The molecule has 3 rings (SSSR count). The molecular weight excluding hydrogens is 172 g/mol. The first kappa shape index (κ1) is 9.17. The molecule has 0 amide bonds. The standard InChI is InChI=1S/C12H22N2/c1-2-8-13(7-1)12-5-9-14(10-6-12)11-3-4-11/h11-12H,1-10H2. The zero-order chi connectivity index (χ0) is 9.38. The Balaban J connectivity index is 1.49. The maximum absolute atomic E-state index is 2.74. The van der Waals surface area contributed by atoms with Crippen molar-refractivity contribution in [2.24, 2.45) is 0 Å². The fraction of sp³-hybridized carbons (Fsp3) is 1.00. The molecule has 0 aromatic carbocycles. The summed E-state index contributed by atoms with van der Waals surface area (Å²) in [6, 6.07) is 1.93. The molecule has 14 heavy (non-hydrogen) atoms. The Kier molecular flexibility index (Phi) is 2.50. The van der Waals surface area contributed by atoms with E-state index in [0.717, 1.165) is 12.1 Å². The third-order valence-electron chi connectivity index (χ3n) is 4.22. The van der Waals surface area contributed by atoms with E-state index in [2.05, 4.69) is 9.80 Å². The van der Waals surface area contributed by atoms with E-state index in [0.29, 0.717) is 0 Å². The Morgan fingerprint density at radius 1 is 0.571 bits per heavy atom. The highest BCUT2D eigenvalue weighted by molar-refractivity contribution is 4.90. The number of rotatable bonds is 2. The summed E-state index contributed by atoms with van der Waals surface area (Å²) < 4.78 is 0. The molecule has 3 fully saturated rings. The molecule has 1 aliphatic carbocycles. The van der Waals surface area contributed by atoms with Crippen molar-refractivity contribution in [2.45, 2.75) is 50.6 Å². The van der Waals surface area contributed by atoms with Crippen molar-refractivity contribution < 1.29 is 0 Å². The van der Waals surface area contributed by atoms with E-state index in [4.69, 9.17) is 0 Å². The van der Waals surface area contributed by atoms with E-state index in [-0.39, 0.29) is 0 Å². The Morgan fingerprint density at radius 2 is 1.07 bits per heavy atom. The van der Waals surface area contributed by atoms with Crippen LogP contribution in [0.25, 0.3) is 0 Å². The SMILES string of the molecule is C1CCN(C2CCN(C3CC3)CC2)C1. The van der Waals surface area contributed by atoms with Gasteiger partial charge in [-0.15, -0.1) is 0 Å². The summed E-state index contributed by atoms with van der Waals surface area (Å²) in [5.41, 5.74) is 0. The van der Waals surface area contributed by atoms with Crippen LogP contribution < -0.4 is 0 Å². The monoisotopic (exact) mass is 194 g/mol. The third kappa shape index (κ3) is 1.82. The van der Waals surface area contributed by atoms with Crippen LogP contribution in [-0.4, -0.2) is 48.1 Å². The average Bonchev–Trinajstić information content (AvgIpc) is 2.94. The smallest absolute Gasteiger partial charge is 0.0120 e. The van der Waals surface area contributed by atoms with E-state index in [9.17, 15) is 0 Å². The van der Waals surface area contributed by atoms with Gasteiger partial charge >= 0.3 is 0 Å². The summed E-state index contributed by atoms with van der Waals surface area (Å²) in [7, 11) is 0. The number of nitrogens with zero attached hydrogens (tertiary/aromatic N) is 2. The van der Waals surface area contributed by atoms with Gasteiger partial charge in [-0.05, 0) is 64.7 Å². The average molecular weight is 194 g/mol. The first-order valence-corrected chi connectivity index (χ1v) is 6.41. The van der Waals surface area contributed by atoms with Crippen molar-refractivity contribution in [3.8, 4) is 0 Å². The van der Waals surface area contributed by atoms with Crippen molar-refractivity contribution in [1.82, 2.24) is 9.80 Å². The van der Waals surface area contributed by atoms with Gasteiger partial charge in [-0.2, -0.15) is 0 Å². The minimum atomic E-state index is 0.937. The van der Waals surface area contributed by atoms with Gasteiger partial charge in [-0.3, -0.25) is 0 Å². The molecule has 0 aromatic rings. The first-order valence-electron chi connectivity index (χ1n) is 6.41.